The Morgan fingerprint density at radius 1 is 1.30 bits per heavy atom. The molecule has 0 saturated carbocycles. The maximum atomic E-state index is 10.7. The molecule has 0 spiro atoms. The summed E-state index contributed by atoms with van der Waals surface area (Å²) in [5, 5.41) is 0. The van der Waals surface area contributed by atoms with E-state index >= 15 is 0 Å². The molecule has 1 aliphatic rings. The number of halogens is 1. The topological polar surface area (TPSA) is 48.0 Å². The summed E-state index contributed by atoms with van der Waals surface area (Å²) in [5.74, 6) is 1.26. The minimum absolute atomic E-state index is 0. The van der Waals surface area contributed by atoms with Crippen LogP contribution in [0.5, 0.6) is 11.5 Å². The predicted molar refractivity (Wildman–Crippen MR) is 78.4 cm³/mol. The molecule has 0 amide bonds. The van der Waals surface area contributed by atoms with E-state index in [0.717, 1.165) is 39.1 Å². The lowest BCUT2D eigenvalue weighted by Crippen LogP contribution is -2.38. The lowest BCUT2D eigenvalue weighted by atomic mass is 10.2. The van der Waals surface area contributed by atoms with Gasteiger partial charge in [0.1, 0.15) is 12.9 Å². The number of hydrogen-bond acceptors (Lipinski definition) is 5. The minimum Gasteiger partial charge on any atom is -0.493 e. The van der Waals surface area contributed by atoms with Gasteiger partial charge in [-0.3, -0.25) is 9.69 Å². The van der Waals surface area contributed by atoms with Crippen LogP contribution in [0.25, 0.3) is 0 Å². The molecular formula is C14H20ClNO4. The molecule has 1 aromatic carbocycles. The van der Waals surface area contributed by atoms with E-state index in [-0.39, 0.29) is 12.4 Å². The molecule has 20 heavy (non-hydrogen) atoms. The van der Waals surface area contributed by atoms with Crippen LogP contribution in [0.4, 0.5) is 0 Å². The Hall–Kier alpha value is -1.30. The number of ether oxygens (including phenoxy) is 3. The van der Waals surface area contributed by atoms with E-state index in [9.17, 15) is 4.79 Å². The van der Waals surface area contributed by atoms with Gasteiger partial charge in [-0.25, -0.2) is 0 Å². The molecule has 0 aromatic heterocycles. The second-order valence-corrected chi connectivity index (χ2v) is 4.33. The molecule has 5 nitrogen and oxygen atoms in total. The number of morpholine rings is 1. The number of methoxy groups -OCH3 is 1. The number of carbonyl (C=O) groups is 1. The Morgan fingerprint density at radius 3 is 2.70 bits per heavy atom. The summed E-state index contributed by atoms with van der Waals surface area (Å²) in [4.78, 5) is 13.0. The van der Waals surface area contributed by atoms with Gasteiger partial charge in [-0.15, -0.1) is 12.4 Å². The van der Waals surface area contributed by atoms with Crippen molar-refractivity contribution in [3.05, 3.63) is 23.8 Å². The minimum atomic E-state index is 0. The van der Waals surface area contributed by atoms with Crippen LogP contribution in [-0.4, -0.2) is 57.8 Å². The van der Waals surface area contributed by atoms with Crippen molar-refractivity contribution in [2.45, 2.75) is 0 Å². The Bertz CT molecular complexity index is 422. The summed E-state index contributed by atoms with van der Waals surface area (Å²) in [6.45, 7) is 4.93. The molecular weight excluding hydrogens is 282 g/mol. The maximum absolute atomic E-state index is 10.7. The number of nitrogens with zero attached hydrogens (tertiary/aromatic N) is 1. The summed E-state index contributed by atoms with van der Waals surface area (Å²) in [5.41, 5.74) is 0.581. The Labute approximate surface area is 125 Å². The monoisotopic (exact) mass is 301 g/mol. The summed E-state index contributed by atoms with van der Waals surface area (Å²) in [7, 11) is 1.57. The first-order valence-electron chi connectivity index (χ1n) is 6.39. The van der Waals surface area contributed by atoms with Crippen molar-refractivity contribution in [2.24, 2.45) is 0 Å². The van der Waals surface area contributed by atoms with Gasteiger partial charge in [0.2, 0.25) is 0 Å². The van der Waals surface area contributed by atoms with Gasteiger partial charge in [-0.1, -0.05) is 0 Å². The Balaban J connectivity index is 0.00000200. The second-order valence-electron chi connectivity index (χ2n) is 4.33. The van der Waals surface area contributed by atoms with E-state index in [1.807, 2.05) is 0 Å². The Kier molecular flexibility index (Phi) is 7.36. The molecule has 1 aliphatic heterocycles. The van der Waals surface area contributed by atoms with E-state index < -0.39 is 0 Å². The van der Waals surface area contributed by atoms with Crippen LogP contribution in [-0.2, 0) is 4.74 Å². The molecule has 1 aromatic rings. The zero-order valence-corrected chi connectivity index (χ0v) is 12.4. The van der Waals surface area contributed by atoms with Crippen LogP contribution < -0.4 is 9.47 Å². The van der Waals surface area contributed by atoms with Crippen molar-refractivity contribution < 1.29 is 19.0 Å². The fourth-order valence-electron chi connectivity index (χ4n) is 1.99. The van der Waals surface area contributed by atoms with Crippen LogP contribution in [0, 0.1) is 0 Å². The molecule has 0 aliphatic carbocycles. The molecule has 2 rings (SSSR count). The van der Waals surface area contributed by atoms with Crippen molar-refractivity contribution >= 4 is 18.7 Å². The van der Waals surface area contributed by atoms with Gasteiger partial charge in [0.25, 0.3) is 0 Å². The van der Waals surface area contributed by atoms with Gasteiger partial charge < -0.3 is 14.2 Å². The van der Waals surface area contributed by atoms with Crippen molar-refractivity contribution in [1.82, 2.24) is 4.90 Å². The van der Waals surface area contributed by atoms with Crippen LogP contribution in [0.1, 0.15) is 10.4 Å². The number of hydrogen-bond donors (Lipinski definition) is 0. The zero-order chi connectivity index (χ0) is 13.5. The third-order valence-corrected chi connectivity index (χ3v) is 3.09. The first kappa shape index (κ1) is 16.8. The van der Waals surface area contributed by atoms with E-state index in [2.05, 4.69) is 4.90 Å². The molecule has 6 heteroatoms. The van der Waals surface area contributed by atoms with E-state index in [4.69, 9.17) is 14.2 Å². The highest BCUT2D eigenvalue weighted by molar-refractivity contribution is 5.85. The lowest BCUT2D eigenvalue weighted by Gasteiger charge is -2.26. The second kappa shape index (κ2) is 8.79. The molecule has 0 unspecified atom stereocenters. The van der Waals surface area contributed by atoms with Gasteiger partial charge in [-0.2, -0.15) is 0 Å². The highest BCUT2D eigenvalue weighted by Gasteiger charge is 2.11. The zero-order valence-electron chi connectivity index (χ0n) is 11.5. The third kappa shape index (κ3) is 4.67. The standard InChI is InChI=1S/C14H19NO4.ClH/c1-17-14-10-12(11-16)2-3-13(14)19-9-6-15-4-7-18-8-5-15;/h2-3,10-11H,4-9H2,1H3;1H. The summed E-state index contributed by atoms with van der Waals surface area (Å²) < 4.78 is 16.2. The lowest BCUT2D eigenvalue weighted by molar-refractivity contribution is 0.0321. The highest BCUT2D eigenvalue weighted by Crippen LogP contribution is 2.27. The largest absolute Gasteiger partial charge is 0.493 e. The van der Waals surface area contributed by atoms with Crippen molar-refractivity contribution in [2.75, 3.05) is 46.6 Å². The first-order valence-corrected chi connectivity index (χ1v) is 6.39. The Morgan fingerprint density at radius 2 is 2.05 bits per heavy atom. The van der Waals surface area contributed by atoms with E-state index in [0.29, 0.717) is 23.7 Å². The van der Waals surface area contributed by atoms with Gasteiger partial charge in [-0.05, 0) is 18.2 Å². The summed E-state index contributed by atoms with van der Waals surface area (Å²) in [6, 6.07) is 5.17. The number of benzene rings is 1. The normalized spacial score (nSPS) is 15.2. The SMILES string of the molecule is COc1cc(C=O)ccc1OCCN1CCOCC1.Cl. The van der Waals surface area contributed by atoms with Gasteiger partial charge in [0, 0.05) is 25.2 Å². The number of aldehydes is 1. The van der Waals surface area contributed by atoms with Crippen LogP contribution in [0.2, 0.25) is 0 Å². The third-order valence-electron chi connectivity index (χ3n) is 3.09. The summed E-state index contributed by atoms with van der Waals surface area (Å²) >= 11 is 0. The molecule has 112 valence electrons. The predicted octanol–water partition coefficient (Wildman–Crippen LogP) is 1.64. The fourth-order valence-corrected chi connectivity index (χ4v) is 1.99. The molecule has 0 atom stereocenters. The maximum Gasteiger partial charge on any atom is 0.161 e. The molecule has 0 radical (unpaired) electrons. The van der Waals surface area contributed by atoms with Gasteiger partial charge in [0.05, 0.1) is 20.3 Å². The first-order chi connectivity index (χ1) is 9.33. The summed E-state index contributed by atoms with van der Waals surface area (Å²) in [6.07, 6.45) is 0.792. The molecule has 1 saturated heterocycles. The molecule has 1 fully saturated rings. The van der Waals surface area contributed by atoms with Crippen molar-refractivity contribution in [3.63, 3.8) is 0 Å². The van der Waals surface area contributed by atoms with Gasteiger partial charge >= 0.3 is 0 Å². The average molecular weight is 302 g/mol. The van der Waals surface area contributed by atoms with Crippen LogP contribution in [0.15, 0.2) is 18.2 Å². The van der Waals surface area contributed by atoms with Crippen LogP contribution in [0.3, 0.4) is 0 Å². The van der Waals surface area contributed by atoms with E-state index in [1.54, 1.807) is 25.3 Å². The van der Waals surface area contributed by atoms with Gasteiger partial charge in [0.15, 0.2) is 11.5 Å². The number of carbonyl (C=O) groups excluding carboxylic acids is 1. The van der Waals surface area contributed by atoms with Crippen molar-refractivity contribution in [3.8, 4) is 11.5 Å². The van der Waals surface area contributed by atoms with Crippen LogP contribution >= 0.6 is 12.4 Å². The smallest absolute Gasteiger partial charge is 0.161 e. The van der Waals surface area contributed by atoms with Crippen molar-refractivity contribution in [1.29, 1.82) is 0 Å². The van der Waals surface area contributed by atoms with E-state index in [1.165, 1.54) is 0 Å². The quantitative estimate of drug-likeness (QED) is 0.748. The number of rotatable bonds is 6. The molecule has 0 bridgehead atoms. The average Bonchev–Trinajstić information content (AvgIpc) is 2.48. The highest BCUT2D eigenvalue weighted by atomic mass is 35.5. The fraction of sp³-hybridized carbons (Fsp3) is 0.500. The molecule has 0 N–H and O–H groups in total. The molecule has 1 heterocycles.